The van der Waals surface area contributed by atoms with Crippen molar-refractivity contribution >= 4 is 17.4 Å². The third-order valence-electron chi connectivity index (χ3n) is 6.10. The van der Waals surface area contributed by atoms with E-state index < -0.39 is 0 Å². The van der Waals surface area contributed by atoms with Crippen molar-refractivity contribution in [3.05, 3.63) is 77.7 Å². The number of nitrogens with zero attached hydrogens (tertiary/aromatic N) is 4. The minimum absolute atomic E-state index is 0.0372. The Hall–Kier alpha value is -3.45. The van der Waals surface area contributed by atoms with Gasteiger partial charge in [-0.25, -0.2) is 9.97 Å². The monoisotopic (exact) mass is 459 g/mol. The molecule has 0 saturated carbocycles. The molecule has 0 bridgehead atoms. The number of carbonyl (C=O) groups excluding carboxylic acids is 1. The number of benzene rings is 2. The summed E-state index contributed by atoms with van der Waals surface area (Å²) in [6.07, 6.45) is 0. The smallest absolute Gasteiger partial charge is 0.246 e. The molecule has 1 atom stereocenters. The Bertz CT molecular complexity index is 1090. The van der Waals surface area contributed by atoms with Crippen LogP contribution in [0.2, 0.25) is 0 Å². The van der Waals surface area contributed by atoms with E-state index in [0.29, 0.717) is 0 Å². The first-order valence-corrected chi connectivity index (χ1v) is 11.8. The zero-order valence-electron chi connectivity index (χ0n) is 20.4. The summed E-state index contributed by atoms with van der Waals surface area (Å²) < 4.78 is 5.23. The largest absolute Gasteiger partial charge is 0.497 e. The molecule has 3 aromatic rings. The lowest BCUT2D eigenvalue weighted by Crippen LogP contribution is -2.50. The summed E-state index contributed by atoms with van der Waals surface area (Å²) in [7, 11) is 1.63. The molecular formula is C27H33N5O2. The van der Waals surface area contributed by atoms with Gasteiger partial charge in [0, 0.05) is 49.5 Å². The lowest BCUT2D eigenvalue weighted by molar-refractivity contribution is -0.121. The second kappa shape index (κ2) is 10.7. The summed E-state index contributed by atoms with van der Waals surface area (Å²) in [6, 6.07) is 19.1. The Morgan fingerprint density at radius 2 is 1.65 bits per heavy atom. The van der Waals surface area contributed by atoms with Gasteiger partial charge in [-0.2, -0.15) is 0 Å². The van der Waals surface area contributed by atoms with Crippen LogP contribution in [0.4, 0.5) is 11.5 Å². The summed E-state index contributed by atoms with van der Waals surface area (Å²) in [5.41, 5.74) is 2.72. The molecule has 0 aliphatic carbocycles. The van der Waals surface area contributed by atoms with Crippen molar-refractivity contribution in [1.82, 2.24) is 14.9 Å². The van der Waals surface area contributed by atoms with E-state index in [1.807, 2.05) is 67.6 Å². The SMILES string of the molecule is COc1ccc(NC(=O)C(c2ccccc2)N2CCN(c3cc(C)nc(C(C)C)n3)CC2)cc1. The second-order valence-electron chi connectivity index (χ2n) is 8.93. The molecule has 1 unspecified atom stereocenters. The van der Waals surface area contributed by atoms with Crippen molar-refractivity contribution in [3.63, 3.8) is 0 Å². The van der Waals surface area contributed by atoms with E-state index in [-0.39, 0.29) is 17.9 Å². The van der Waals surface area contributed by atoms with Gasteiger partial charge in [0.2, 0.25) is 5.91 Å². The summed E-state index contributed by atoms with van der Waals surface area (Å²) >= 11 is 0. The molecule has 1 saturated heterocycles. The number of piperazine rings is 1. The molecule has 7 heteroatoms. The van der Waals surface area contributed by atoms with Crippen LogP contribution in [0.5, 0.6) is 5.75 Å². The quantitative estimate of drug-likeness (QED) is 0.564. The maximum Gasteiger partial charge on any atom is 0.246 e. The van der Waals surface area contributed by atoms with Gasteiger partial charge in [-0.15, -0.1) is 0 Å². The molecular weight excluding hydrogens is 426 g/mol. The third kappa shape index (κ3) is 5.54. The number of hydrogen-bond acceptors (Lipinski definition) is 6. The molecule has 1 N–H and O–H groups in total. The molecule has 178 valence electrons. The lowest BCUT2D eigenvalue weighted by atomic mass is 10.0. The highest BCUT2D eigenvalue weighted by molar-refractivity contribution is 5.95. The zero-order valence-corrected chi connectivity index (χ0v) is 20.4. The predicted molar refractivity (Wildman–Crippen MR) is 135 cm³/mol. The molecule has 1 amide bonds. The highest BCUT2D eigenvalue weighted by Gasteiger charge is 2.31. The van der Waals surface area contributed by atoms with Crippen LogP contribution in [0.3, 0.4) is 0 Å². The van der Waals surface area contributed by atoms with Crippen LogP contribution in [-0.2, 0) is 4.79 Å². The Kier molecular flexibility index (Phi) is 7.43. The summed E-state index contributed by atoms with van der Waals surface area (Å²) in [5.74, 6) is 2.84. The second-order valence-corrected chi connectivity index (χ2v) is 8.93. The molecule has 2 aromatic carbocycles. The summed E-state index contributed by atoms with van der Waals surface area (Å²) in [6.45, 7) is 9.36. The van der Waals surface area contributed by atoms with Crippen LogP contribution in [-0.4, -0.2) is 54.1 Å². The van der Waals surface area contributed by atoms with Gasteiger partial charge >= 0.3 is 0 Å². The van der Waals surface area contributed by atoms with E-state index in [1.54, 1.807) is 7.11 Å². The molecule has 4 rings (SSSR count). The third-order valence-corrected chi connectivity index (χ3v) is 6.10. The summed E-state index contributed by atoms with van der Waals surface area (Å²) in [5, 5.41) is 3.09. The predicted octanol–water partition coefficient (Wildman–Crippen LogP) is 4.42. The highest BCUT2D eigenvalue weighted by atomic mass is 16.5. The number of nitrogens with one attached hydrogen (secondary N) is 1. The number of amides is 1. The van der Waals surface area contributed by atoms with Gasteiger partial charge in [0.25, 0.3) is 0 Å². The molecule has 7 nitrogen and oxygen atoms in total. The fourth-order valence-corrected chi connectivity index (χ4v) is 4.25. The van der Waals surface area contributed by atoms with Gasteiger partial charge in [0.15, 0.2) is 0 Å². The molecule has 1 fully saturated rings. The number of carbonyl (C=O) groups is 1. The van der Waals surface area contributed by atoms with Gasteiger partial charge in [-0.1, -0.05) is 44.2 Å². The zero-order chi connectivity index (χ0) is 24.1. The van der Waals surface area contributed by atoms with Crippen molar-refractivity contribution < 1.29 is 9.53 Å². The molecule has 2 heterocycles. The molecule has 34 heavy (non-hydrogen) atoms. The van der Waals surface area contributed by atoms with Crippen LogP contribution in [0.1, 0.15) is 42.9 Å². The molecule has 1 aromatic heterocycles. The van der Waals surface area contributed by atoms with Gasteiger partial charge in [0.05, 0.1) is 7.11 Å². The van der Waals surface area contributed by atoms with Crippen LogP contribution in [0, 0.1) is 6.92 Å². The van der Waals surface area contributed by atoms with Crippen molar-refractivity contribution in [3.8, 4) is 5.75 Å². The van der Waals surface area contributed by atoms with Gasteiger partial charge < -0.3 is 15.0 Å². The van der Waals surface area contributed by atoms with Gasteiger partial charge in [0.1, 0.15) is 23.4 Å². The Balaban J connectivity index is 1.50. The number of methoxy groups -OCH3 is 1. The highest BCUT2D eigenvalue weighted by Crippen LogP contribution is 2.26. The standard InChI is InChI=1S/C27H33N5O2/c1-19(2)26-28-20(3)18-24(30-26)31-14-16-32(17-15-31)25(21-8-6-5-7-9-21)27(33)29-22-10-12-23(34-4)13-11-22/h5-13,18-19,25H,14-17H2,1-4H3,(H,29,33). The van der Waals surface area contributed by atoms with E-state index in [2.05, 4.69) is 33.9 Å². The average Bonchev–Trinajstić information content (AvgIpc) is 2.85. The number of hydrogen-bond donors (Lipinski definition) is 1. The molecule has 1 aliphatic heterocycles. The van der Waals surface area contributed by atoms with E-state index in [1.165, 1.54) is 0 Å². The fraction of sp³-hybridized carbons (Fsp3) is 0.370. The van der Waals surface area contributed by atoms with Crippen LogP contribution >= 0.6 is 0 Å². The minimum atomic E-state index is -0.371. The topological polar surface area (TPSA) is 70.6 Å². The van der Waals surface area contributed by atoms with E-state index in [0.717, 1.165) is 60.5 Å². The Morgan fingerprint density at radius 1 is 0.971 bits per heavy atom. The van der Waals surface area contributed by atoms with Gasteiger partial charge in [-0.3, -0.25) is 9.69 Å². The van der Waals surface area contributed by atoms with Crippen molar-refractivity contribution in [2.45, 2.75) is 32.7 Å². The Morgan fingerprint density at radius 3 is 2.26 bits per heavy atom. The minimum Gasteiger partial charge on any atom is -0.497 e. The van der Waals surface area contributed by atoms with E-state index >= 15 is 0 Å². The first kappa shape index (κ1) is 23.7. The maximum absolute atomic E-state index is 13.5. The Labute approximate surface area is 201 Å². The molecule has 1 aliphatic rings. The number of rotatable bonds is 7. The van der Waals surface area contributed by atoms with Gasteiger partial charge in [-0.05, 0) is 36.8 Å². The van der Waals surface area contributed by atoms with E-state index in [4.69, 9.17) is 9.72 Å². The van der Waals surface area contributed by atoms with Crippen LogP contribution in [0.25, 0.3) is 0 Å². The van der Waals surface area contributed by atoms with E-state index in [9.17, 15) is 4.79 Å². The fourth-order valence-electron chi connectivity index (χ4n) is 4.25. The van der Waals surface area contributed by atoms with Crippen molar-refractivity contribution in [1.29, 1.82) is 0 Å². The van der Waals surface area contributed by atoms with Crippen LogP contribution in [0.15, 0.2) is 60.7 Å². The van der Waals surface area contributed by atoms with Crippen molar-refractivity contribution in [2.75, 3.05) is 43.5 Å². The van der Waals surface area contributed by atoms with Crippen LogP contribution < -0.4 is 15.0 Å². The first-order chi connectivity index (χ1) is 16.4. The number of aryl methyl sites for hydroxylation is 1. The number of ether oxygens (including phenoxy) is 1. The number of anilines is 2. The van der Waals surface area contributed by atoms with Crippen molar-refractivity contribution in [2.24, 2.45) is 0 Å². The summed E-state index contributed by atoms with van der Waals surface area (Å²) in [4.78, 5) is 27.4. The molecule has 0 radical (unpaired) electrons. The normalized spacial score (nSPS) is 15.3. The lowest BCUT2D eigenvalue weighted by Gasteiger charge is -2.39. The maximum atomic E-state index is 13.5. The average molecular weight is 460 g/mol. The number of aromatic nitrogens is 2. The molecule has 0 spiro atoms. The first-order valence-electron chi connectivity index (χ1n) is 11.8.